The summed E-state index contributed by atoms with van der Waals surface area (Å²) in [5, 5.41) is 3.68. The van der Waals surface area contributed by atoms with Crippen LogP contribution in [-0.4, -0.2) is 23.3 Å². The van der Waals surface area contributed by atoms with Crippen LogP contribution in [0.1, 0.15) is 18.9 Å². The molecular formula is C17H17Cl2N3O2. The third-order valence-corrected chi connectivity index (χ3v) is 3.78. The number of hydrogen-bond acceptors (Lipinski definition) is 3. The van der Waals surface area contributed by atoms with Crippen LogP contribution in [0.3, 0.4) is 0 Å². The molecule has 0 saturated heterocycles. The van der Waals surface area contributed by atoms with Crippen LogP contribution in [0.15, 0.2) is 42.7 Å². The van der Waals surface area contributed by atoms with Gasteiger partial charge in [0.15, 0.2) is 0 Å². The molecule has 0 bridgehead atoms. The highest BCUT2D eigenvalue weighted by Gasteiger charge is 2.14. The highest BCUT2D eigenvalue weighted by atomic mass is 35.5. The van der Waals surface area contributed by atoms with Crippen molar-refractivity contribution < 1.29 is 9.59 Å². The lowest BCUT2D eigenvalue weighted by Crippen LogP contribution is -2.33. The van der Waals surface area contributed by atoms with Crippen molar-refractivity contribution in [2.45, 2.75) is 19.9 Å². The molecule has 0 atom stereocenters. The van der Waals surface area contributed by atoms with Crippen LogP contribution >= 0.6 is 23.2 Å². The highest BCUT2D eigenvalue weighted by Crippen LogP contribution is 2.25. The van der Waals surface area contributed by atoms with Crippen molar-refractivity contribution in [3.63, 3.8) is 0 Å². The molecule has 7 heteroatoms. The Labute approximate surface area is 150 Å². The molecule has 1 N–H and O–H groups in total. The van der Waals surface area contributed by atoms with Gasteiger partial charge < -0.3 is 10.2 Å². The number of pyridine rings is 1. The Morgan fingerprint density at radius 3 is 2.33 bits per heavy atom. The average molecular weight is 366 g/mol. The Kier molecular flexibility index (Phi) is 6.58. The van der Waals surface area contributed by atoms with Gasteiger partial charge in [0, 0.05) is 54.6 Å². The van der Waals surface area contributed by atoms with E-state index in [1.54, 1.807) is 30.6 Å². The number of carbonyl (C=O) groups is 2. The van der Waals surface area contributed by atoms with Crippen molar-refractivity contribution in [3.05, 3.63) is 58.3 Å². The van der Waals surface area contributed by atoms with Crippen LogP contribution in [0, 0.1) is 0 Å². The van der Waals surface area contributed by atoms with Crippen molar-refractivity contribution in [2.75, 3.05) is 11.4 Å². The number of nitrogens with one attached hydrogen (secondary N) is 1. The maximum Gasteiger partial charge on any atom is 0.223 e. The molecule has 2 amide bonds. The van der Waals surface area contributed by atoms with Gasteiger partial charge in [-0.05, 0) is 35.9 Å². The summed E-state index contributed by atoms with van der Waals surface area (Å²) in [6.07, 6.45) is 3.51. The van der Waals surface area contributed by atoms with Gasteiger partial charge in [0.25, 0.3) is 0 Å². The van der Waals surface area contributed by atoms with E-state index < -0.39 is 0 Å². The number of amides is 2. The number of hydrogen-bond donors (Lipinski definition) is 1. The lowest BCUT2D eigenvalue weighted by molar-refractivity contribution is -0.121. The molecule has 0 aliphatic rings. The number of benzene rings is 1. The molecule has 1 aromatic heterocycles. The standard InChI is InChI=1S/C17H17Cl2N3O2/c1-12(23)22(16-9-14(18)8-15(19)10-16)7-4-17(24)21-11-13-2-5-20-6-3-13/h2-3,5-6,8-10H,4,7,11H2,1H3,(H,21,24). The number of anilines is 1. The first-order chi connectivity index (χ1) is 11.5. The van der Waals surface area contributed by atoms with Gasteiger partial charge in [0.2, 0.25) is 11.8 Å². The molecule has 0 radical (unpaired) electrons. The lowest BCUT2D eigenvalue weighted by atomic mass is 10.2. The van der Waals surface area contributed by atoms with Gasteiger partial charge in [0.05, 0.1) is 0 Å². The number of rotatable bonds is 6. The smallest absolute Gasteiger partial charge is 0.223 e. The molecule has 24 heavy (non-hydrogen) atoms. The first kappa shape index (κ1) is 18.2. The summed E-state index contributed by atoms with van der Waals surface area (Å²) in [7, 11) is 0. The van der Waals surface area contributed by atoms with E-state index in [1.807, 2.05) is 12.1 Å². The fourth-order valence-electron chi connectivity index (χ4n) is 2.17. The molecule has 2 rings (SSSR count). The topological polar surface area (TPSA) is 62.3 Å². The molecule has 0 aliphatic carbocycles. The lowest BCUT2D eigenvalue weighted by Gasteiger charge is -2.21. The van der Waals surface area contributed by atoms with E-state index in [0.29, 0.717) is 22.3 Å². The summed E-state index contributed by atoms with van der Waals surface area (Å²) in [5.74, 6) is -0.332. The molecule has 5 nitrogen and oxygen atoms in total. The minimum Gasteiger partial charge on any atom is -0.352 e. The van der Waals surface area contributed by atoms with E-state index in [0.717, 1.165) is 5.56 Å². The van der Waals surface area contributed by atoms with Crippen molar-refractivity contribution in [1.82, 2.24) is 10.3 Å². The van der Waals surface area contributed by atoms with E-state index >= 15 is 0 Å². The minimum absolute atomic E-state index is 0.147. The largest absolute Gasteiger partial charge is 0.352 e. The zero-order chi connectivity index (χ0) is 17.5. The van der Waals surface area contributed by atoms with Gasteiger partial charge in [-0.3, -0.25) is 14.6 Å². The summed E-state index contributed by atoms with van der Waals surface area (Å²) < 4.78 is 0. The van der Waals surface area contributed by atoms with Gasteiger partial charge in [-0.25, -0.2) is 0 Å². The van der Waals surface area contributed by atoms with Crippen LogP contribution in [0.25, 0.3) is 0 Å². The fourth-order valence-corrected chi connectivity index (χ4v) is 2.68. The summed E-state index contributed by atoms with van der Waals surface area (Å²) in [5.41, 5.74) is 1.53. The van der Waals surface area contributed by atoms with E-state index in [4.69, 9.17) is 23.2 Å². The maximum atomic E-state index is 12.0. The Morgan fingerprint density at radius 1 is 1.12 bits per heavy atom. The van der Waals surface area contributed by atoms with Crippen LogP contribution < -0.4 is 10.2 Å². The third kappa shape index (κ3) is 5.51. The summed E-state index contributed by atoms with van der Waals surface area (Å²) in [6.45, 7) is 2.10. The van der Waals surface area contributed by atoms with Crippen molar-refractivity contribution in [3.8, 4) is 0 Å². The second-order valence-electron chi connectivity index (χ2n) is 5.18. The molecule has 0 unspecified atom stereocenters. The molecule has 1 aromatic carbocycles. The van der Waals surface area contributed by atoms with Gasteiger partial charge in [-0.2, -0.15) is 0 Å². The van der Waals surface area contributed by atoms with Crippen LogP contribution in [-0.2, 0) is 16.1 Å². The Morgan fingerprint density at radius 2 is 1.75 bits per heavy atom. The zero-order valence-electron chi connectivity index (χ0n) is 13.1. The van der Waals surface area contributed by atoms with Gasteiger partial charge in [-0.15, -0.1) is 0 Å². The van der Waals surface area contributed by atoms with Crippen molar-refractivity contribution in [2.24, 2.45) is 0 Å². The number of nitrogens with zero attached hydrogens (tertiary/aromatic N) is 2. The van der Waals surface area contributed by atoms with Crippen LogP contribution in [0.2, 0.25) is 10.0 Å². The molecule has 0 spiro atoms. The predicted octanol–water partition coefficient (Wildman–Crippen LogP) is 3.45. The van der Waals surface area contributed by atoms with Crippen LogP contribution in [0.4, 0.5) is 5.69 Å². The Hall–Kier alpha value is -2.11. The molecule has 2 aromatic rings. The zero-order valence-corrected chi connectivity index (χ0v) is 14.6. The summed E-state index contributed by atoms with van der Waals surface area (Å²) in [6, 6.07) is 8.53. The van der Waals surface area contributed by atoms with Gasteiger partial charge in [0.1, 0.15) is 0 Å². The Bertz CT molecular complexity index is 703. The fraction of sp³-hybridized carbons (Fsp3) is 0.235. The summed E-state index contributed by atoms with van der Waals surface area (Å²) >= 11 is 11.9. The van der Waals surface area contributed by atoms with E-state index in [2.05, 4.69) is 10.3 Å². The number of carbonyl (C=O) groups excluding carboxylic acids is 2. The number of aromatic nitrogens is 1. The normalized spacial score (nSPS) is 10.3. The van der Waals surface area contributed by atoms with E-state index in [1.165, 1.54) is 11.8 Å². The van der Waals surface area contributed by atoms with E-state index in [9.17, 15) is 9.59 Å². The predicted molar refractivity (Wildman–Crippen MR) is 95.2 cm³/mol. The van der Waals surface area contributed by atoms with Crippen molar-refractivity contribution in [1.29, 1.82) is 0 Å². The monoisotopic (exact) mass is 365 g/mol. The van der Waals surface area contributed by atoms with Crippen molar-refractivity contribution >= 4 is 40.7 Å². The molecule has 0 fully saturated rings. The Balaban J connectivity index is 1.93. The van der Waals surface area contributed by atoms with Gasteiger partial charge >= 0.3 is 0 Å². The molecule has 0 saturated carbocycles. The van der Waals surface area contributed by atoms with Crippen LogP contribution in [0.5, 0.6) is 0 Å². The average Bonchev–Trinajstić information content (AvgIpc) is 2.53. The minimum atomic E-state index is -0.185. The SMILES string of the molecule is CC(=O)N(CCC(=O)NCc1ccncc1)c1cc(Cl)cc(Cl)c1. The number of halogens is 2. The third-order valence-electron chi connectivity index (χ3n) is 3.34. The quantitative estimate of drug-likeness (QED) is 0.852. The molecule has 126 valence electrons. The summed E-state index contributed by atoms with van der Waals surface area (Å²) in [4.78, 5) is 29.2. The molecule has 1 heterocycles. The first-order valence-electron chi connectivity index (χ1n) is 7.35. The second-order valence-corrected chi connectivity index (χ2v) is 6.05. The highest BCUT2D eigenvalue weighted by molar-refractivity contribution is 6.35. The second kappa shape index (κ2) is 8.66. The van der Waals surface area contributed by atoms with Gasteiger partial charge in [-0.1, -0.05) is 23.2 Å². The van der Waals surface area contributed by atoms with E-state index in [-0.39, 0.29) is 24.8 Å². The molecule has 0 aliphatic heterocycles. The molecular weight excluding hydrogens is 349 g/mol. The first-order valence-corrected chi connectivity index (χ1v) is 8.11. The maximum absolute atomic E-state index is 12.0.